The molecule has 0 atom stereocenters. The fraction of sp³-hybridized carbons (Fsp3) is 0.364. The van der Waals surface area contributed by atoms with Crippen molar-refractivity contribution in [3.8, 4) is 0 Å². The molecular weight excluding hydrogens is 338 g/mol. The van der Waals surface area contributed by atoms with Gasteiger partial charge in [-0.15, -0.1) is 0 Å². The average molecular weight is 348 g/mol. The van der Waals surface area contributed by atoms with Crippen LogP contribution in [0.25, 0.3) is 0 Å². The highest BCUT2D eigenvalue weighted by Gasteiger charge is 2.26. The topological polar surface area (TPSA) is 63.2 Å². The van der Waals surface area contributed by atoms with Gasteiger partial charge in [0.25, 0.3) is 15.0 Å². The molecule has 1 N–H and O–H groups in total. The number of benzene rings is 1. The van der Waals surface area contributed by atoms with E-state index in [0.717, 1.165) is 12.1 Å². The zero-order valence-corrected chi connectivity index (χ0v) is 11.9. The highest BCUT2D eigenvalue weighted by atomic mass is 35.7. The van der Waals surface area contributed by atoms with E-state index in [4.69, 9.17) is 10.7 Å². The van der Waals surface area contributed by atoms with Crippen LogP contribution in [0.15, 0.2) is 23.1 Å². The monoisotopic (exact) mass is 347 g/mol. The van der Waals surface area contributed by atoms with Gasteiger partial charge in [0.1, 0.15) is 5.82 Å². The Hall–Kier alpha value is -1.35. The van der Waals surface area contributed by atoms with E-state index in [9.17, 15) is 30.8 Å². The van der Waals surface area contributed by atoms with E-state index >= 15 is 0 Å². The third-order valence-electron chi connectivity index (χ3n) is 2.34. The lowest BCUT2D eigenvalue weighted by Gasteiger charge is -2.08. The minimum Gasteiger partial charge on any atom is -0.352 e. The van der Waals surface area contributed by atoms with Gasteiger partial charge in [0.05, 0.1) is 4.90 Å². The van der Waals surface area contributed by atoms with Crippen molar-refractivity contribution in [2.75, 3.05) is 6.54 Å². The van der Waals surface area contributed by atoms with Crippen molar-refractivity contribution in [3.05, 3.63) is 29.6 Å². The second-order valence-corrected chi connectivity index (χ2v) is 6.65. The Labute approximate surface area is 122 Å². The summed E-state index contributed by atoms with van der Waals surface area (Å²) < 4.78 is 71.0. The van der Waals surface area contributed by atoms with E-state index in [0.29, 0.717) is 6.07 Å². The van der Waals surface area contributed by atoms with E-state index < -0.39 is 38.3 Å². The third-order valence-corrected chi connectivity index (χ3v) is 3.67. The molecule has 0 aromatic heterocycles. The summed E-state index contributed by atoms with van der Waals surface area (Å²) in [7, 11) is 0.811. The summed E-state index contributed by atoms with van der Waals surface area (Å²) in [6.45, 7) is -0.280. The highest BCUT2D eigenvalue weighted by molar-refractivity contribution is 8.13. The molecule has 0 aliphatic rings. The summed E-state index contributed by atoms with van der Waals surface area (Å²) in [6.07, 6.45) is -5.74. The molecule has 1 aromatic rings. The summed E-state index contributed by atoms with van der Waals surface area (Å²) >= 11 is 0. The van der Waals surface area contributed by atoms with Gasteiger partial charge in [-0.25, -0.2) is 12.8 Å². The zero-order chi connectivity index (χ0) is 16.3. The number of hydrogen-bond donors (Lipinski definition) is 1. The number of amides is 1. The Bertz CT molecular complexity index is 631. The summed E-state index contributed by atoms with van der Waals surface area (Å²) in [6, 6.07) is 2.22. The molecular formula is C11H10ClF4NO3S. The maximum Gasteiger partial charge on any atom is 0.389 e. The molecule has 4 nitrogen and oxygen atoms in total. The smallest absolute Gasteiger partial charge is 0.352 e. The number of halogens is 5. The van der Waals surface area contributed by atoms with Gasteiger partial charge in [0.2, 0.25) is 0 Å². The molecule has 21 heavy (non-hydrogen) atoms. The standard InChI is InChI=1S/C11H10ClF4NO3S/c12-21(19,20)9-5-7(4-8(13)6-9)10(18)17-3-1-2-11(14,15)16/h4-6H,1-3H2,(H,17,18). The number of rotatable bonds is 5. The largest absolute Gasteiger partial charge is 0.389 e. The molecule has 1 aromatic carbocycles. The van der Waals surface area contributed by atoms with E-state index in [1.54, 1.807) is 0 Å². The van der Waals surface area contributed by atoms with Gasteiger partial charge in [-0.05, 0) is 24.6 Å². The summed E-state index contributed by atoms with van der Waals surface area (Å²) in [5.41, 5.74) is -0.346. The SMILES string of the molecule is O=C(NCCCC(F)(F)F)c1cc(F)cc(S(=O)(=O)Cl)c1. The molecule has 0 spiro atoms. The van der Waals surface area contributed by atoms with Crippen molar-refractivity contribution in [3.63, 3.8) is 0 Å². The van der Waals surface area contributed by atoms with Crippen LogP contribution in [0.1, 0.15) is 23.2 Å². The molecule has 0 saturated heterocycles. The number of carbonyl (C=O) groups is 1. The summed E-state index contributed by atoms with van der Waals surface area (Å²) in [5.74, 6) is -1.89. The van der Waals surface area contributed by atoms with Gasteiger partial charge < -0.3 is 5.32 Å². The Kier molecular flexibility index (Phi) is 5.57. The maximum absolute atomic E-state index is 13.2. The summed E-state index contributed by atoms with van der Waals surface area (Å²) in [5, 5.41) is 2.13. The van der Waals surface area contributed by atoms with Gasteiger partial charge >= 0.3 is 6.18 Å². The number of hydrogen-bond acceptors (Lipinski definition) is 3. The second kappa shape index (κ2) is 6.61. The van der Waals surface area contributed by atoms with Crippen LogP contribution in [-0.4, -0.2) is 27.0 Å². The molecule has 1 amide bonds. The first-order valence-electron chi connectivity index (χ1n) is 5.59. The van der Waals surface area contributed by atoms with Crippen molar-refractivity contribution in [2.45, 2.75) is 23.9 Å². The van der Waals surface area contributed by atoms with Gasteiger partial charge in [0.15, 0.2) is 0 Å². The highest BCUT2D eigenvalue weighted by Crippen LogP contribution is 2.21. The Morgan fingerprint density at radius 2 is 1.86 bits per heavy atom. The Balaban J connectivity index is 2.73. The van der Waals surface area contributed by atoms with E-state index in [2.05, 4.69) is 5.32 Å². The lowest BCUT2D eigenvalue weighted by atomic mass is 10.2. The Morgan fingerprint density at radius 3 is 2.38 bits per heavy atom. The van der Waals surface area contributed by atoms with Crippen LogP contribution in [0.5, 0.6) is 0 Å². The number of carbonyl (C=O) groups excluding carboxylic acids is 1. The van der Waals surface area contributed by atoms with Crippen LogP contribution < -0.4 is 5.32 Å². The lowest BCUT2D eigenvalue weighted by Crippen LogP contribution is -2.25. The van der Waals surface area contributed by atoms with Gasteiger partial charge in [-0.3, -0.25) is 4.79 Å². The average Bonchev–Trinajstić information content (AvgIpc) is 2.31. The number of nitrogens with one attached hydrogen (secondary N) is 1. The van der Waals surface area contributed by atoms with E-state index in [-0.39, 0.29) is 18.5 Å². The van der Waals surface area contributed by atoms with Crippen LogP contribution in [0.4, 0.5) is 17.6 Å². The van der Waals surface area contributed by atoms with Gasteiger partial charge in [-0.1, -0.05) is 0 Å². The molecule has 118 valence electrons. The molecule has 0 aliphatic carbocycles. The summed E-state index contributed by atoms with van der Waals surface area (Å²) in [4.78, 5) is 11.0. The number of alkyl halides is 3. The third kappa shape index (κ3) is 6.30. The fourth-order valence-corrected chi connectivity index (χ4v) is 2.22. The predicted octanol–water partition coefficient (Wildman–Crippen LogP) is 2.83. The quantitative estimate of drug-likeness (QED) is 0.506. The molecule has 0 fully saturated rings. The van der Waals surface area contributed by atoms with Gasteiger partial charge in [-0.2, -0.15) is 13.2 Å². The second-order valence-electron chi connectivity index (χ2n) is 4.09. The van der Waals surface area contributed by atoms with E-state index in [1.807, 2.05) is 0 Å². The van der Waals surface area contributed by atoms with Crippen LogP contribution in [0, 0.1) is 5.82 Å². The molecule has 1 rings (SSSR count). The minimum absolute atomic E-state index is 0.280. The predicted molar refractivity (Wildman–Crippen MR) is 67.1 cm³/mol. The molecule has 0 bridgehead atoms. The van der Waals surface area contributed by atoms with Crippen LogP contribution in [0.2, 0.25) is 0 Å². The normalized spacial score (nSPS) is 12.2. The van der Waals surface area contributed by atoms with Crippen molar-refractivity contribution in [2.24, 2.45) is 0 Å². The van der Waals surface area contributed by atoms with Crippen LogP contribution >= 0.6 is 10.7 Å². The zero-order valence-electron chi connectivity index (χ0n) is 10.4. The van der Waals surface area contributed by atoms with Crippen LogP contribution in [0.3, 0.4) is 0 Å². The van der Waals surface area contributed by atoms with Crippen molar-refractivity contribution >= 4 is 25.6 Å². The molecule has 0 heterocycles. The first kappa shape index (κ1) is 17.7. The molecule has 10 heteroatoms. The lowest BCUT2D eigenvalue weighted by molar-refractivity contribution is -0.135. The van der Waals surface area contributed by atoms with Gasteiger partial charge in [0, 0.05) is 29.2 Å². The molecule has 0 radical (unpaired) electrons. The van der Waals surface area contributed by atoms with Crippen LogP contribution in [-0.2, 0) is 9.05 Å². The molecule has 0 unspecified atom stereocenters. The minimum atomic E-state index is -4.33. The van der Waals surface area contributed by atoms with Crippen molar-refractivity contribution in [1.82, 2.24) is 5.32 Å². The van der Waals surface area contributed by atoms with Crippen molar-refractivity contribution in [1.29, 1.82) is 0 Å². The Morgan fingerprint density at radius 1 is 1.24 bits per heavy atom. The van der Waals surface area contributed by atoms with E-state index in [1.165, 1.54) is 0 Å². The first-order valence-corrected chi connectivity index (χ1v) is 7.90. The first-order chi connectivity index (χ1) is 9.49. The fourth-order valence-electron chi connectivity index (χ4n) is 1.43. The maximum atomic E-state index is 13.2. The molecule has 0 saturated carbocycles. The van der Waals surface area contributed by atoms with Crippen molar-refractivity contribution < 1.29 is 30.8 Å². The molecule has 0 aliphatic heterocycles.